The van der Waals surface area contributed by atoms with E-state index in [0.717, 1.165) is 30.3 Å². The number of nitrogens with zero attached hydrogens (tertiary/aromatic N) is 3. The van der Waals surface area contributed by atoms with E-state index in [2.05, 4.69) is 41.9 Å². The second-order valence-electron chi connectivity index (χ2n) is 5.25. The third-order valence-electron chi connectivity index (χ3n) is 3.70. The average Bonchev–Trinajstić information content (AvgIpc) is 2.96. The second-order valence-corrected chi connectivity index (χ2v) is 5.25. The zero-order valence-electron chi connectivity index (χ0n) is 11.6. The van der Waals surface area contributed by atoms with E-state index in [1.54, 1.807) is 0 Å². The molecule has 0 saturated carbocycles. The summed E-state index contributed by atoms with van der Waals surface area (Å²) in [5.41, 5.74) is 3.61. The van der Waals surface area contributed by atoms with Gasteiger partial charge in [-0.2, -0.15) is 0 Å². The van der Waals surface area contributed by atoms with Crippen molar-refractivity contribution in [2.75, 3.05) is 18.0 Å². The van der Waals surface area contributed by atoms with E-state index in [-0.39, 0.29) is 0 Å². The van der Waals surface area contributed by atoms with Crippen LogP contribution in [0.25, 0.3) is 11.4 Å². The van der Waals surface area contributed by atoms with Gasteiger partial charge < -0.3 is 4.90 Å². The predicted octanol–water partition coefficient (Wildman–Crippen LogP) is 3.36. The summed E-state index contributed by atoms with van der Waals surface area (Å²) in [5.74, 6) is 1.90. The first-order valence-electron chi connectivity index (χ1n) is 6.90. The Balaban J connectivity index is 2.00. The summed E-state index contributed by atoms with van der Waals surface area (Å²) in [6.07, 6.45) is 4.41. The van der Waals surface area contributed by atoms with Crippen molar-refractivity contribution < 1.29 is 0 Å². The Hall–Kier alpha value is -1.90. The maximum Gasteiger partial charge on any atom is 0.161 e. The molecule has 1 aromatic heterocycles. The van der Waals surface area contributed by atoms with Gasteiger partial charge in [-0.25, -0.2) is 9.97 Å². The summed E-state index contributed by atoms with van der Waals surface area (Å²) >= 11 is 0. The molecule has 1 aromatic carbocycles. The van der Waals surface area contributed by atoms with Crippen LogP contribution in [0.3, 0.4) is 0 Å². The molecule has 19 heavy (non-hydrogen) atoms. The molecule has 1 aliphatic heterocycles. The standard InChI is InChI=1S/C16H19N3/c1-12-5-6-13(2)14(11-12)16-17-8-7-15(18-16)19-9-3-4-10-19/h5-8,11H,3-4,9-10H2,1-2H3. The van der Waals surface area contributed by atoms with E-state index < -0.39 is 0 Å². The summed E-state index contributed by atoms with van der Waals surface area (Å²) in [6, 6.07) is 8.44. The minimum Gasteiger partial charge on any atom is -0.357 e. The Kier molecular flexibility index (Phi) is 3.20. The summed E-state index contributed by atoms with van der Waals surface area (Å²) in [6.45, 7) is 6.44. The Morgan fingerprint density at radius 2 is 1.84 bits per heavy atom. The average molecular weight is 253 g/mol. The molecular formula is C16H19N3. The maximum absolute atomic E-state index is 4.74. The van der Waals surface area contributed by atoms with Crippen LogP contribution < -0.4 is 4.90 Å². The predicted molar refractivity (Wildman–Crippen MR) is 78.4 cm³/mol. The summed E-state index contributed by atoms with van der Waals surface area (Å²) in [4.78, 5) is 11.5. The molecule has 3 rings (SSSR count). The molecule has 1 saturated heterocycles. The number of hydrogen-bond donors (Lipinski definition) is 0. The smallest absolute Gasteiger partial charge is 0.161 e. The molecule has 0 N–H and O–H groups in total. The zero-order chi connectivity index (χ0) is 13.2. The molecule has 3 heteroatoms. The highest BCUT2D eigenvalue weighted by Crippen LogP contribution is 2.24. The first kappa shape index (κ1) is 12.2. The van der Waals surface area contributed by atoms with Crippen LogP contribution in [-0.4, -0.2) is 23.1 Å². The molecular weight excluding hydrogens is 234 g/mol. The number of benzene rings is 1. The van der Waals surface area contributed by atoms with Gasteiger partial charge >= 0.3 is 0 Å². The van der Waals surface area contributed by atoms with Gasteiger partial charge in [-0.15, -0.1) is 0 Å². The maximum atomic E-state index is 4.74. The third-order valence-corrected chi connectivity index (χ3v) is 3.70. The van der Waals surface area contributed by atoms with Crippen molar-refractivity contribution in [1.82, 2.24) is 9.97 Å². The molecule has 0 aliphatic carbocycles. The molecule has 0 unspecified atom stereocenters. The van der Waals surface area contributed by atoms with Crippen molar-refractivity contribution in [2.24, 2.45) is 0 Å². The lowest BCUT2D eigenvalue weighted by Crippen LogP contribution is -2.19. The first-order valence-corrected chi connectivity index (χ1v) is 6.90. The van der Waals surface area contributed by atoms with Gasteiger partial charge in [-0.1, -0.05) is 17.7 Å². The van der Waals surface area contributed by atoms with Gasteiger partial charge in [0.05, 0.1) is 0 Å². The van der Waals surface area contributed by atoms with Crippen molar-refractivity contribution in [3.8, 4) is 11.4 Å². The van der Waals surface area contributed by atoms with E-state index in [1.165, 1.54) is 24.0 Å². The molecule has 0 atom stereocenters. The summed E-state index contributed by atoms with van der Waals surface area (Å²) < 4.78 is 0. The lowest BCUT2D eigenvalue weighted by Gasteiger charge is -2.17. The Labute approximate surface area is 114 Å². The molecule has 0 amide bonds. The first-order chi connectivity index (χ1) is 9.24. The molecule has 0 radical (unpaired) electrons. The van der Waals surface area contributed by atoms with E-state index in [0.29, 0.717) is 0 Å². The fraction of sp³-hybridized carbons (Fsp3) is 0.375. The largest absolute Gasteiger partial charge is 0.357 e. The van der Waals surface area contributed by atoms with Crippen LogP contribution >= 0.6 is 0 Å². The number of aromatic nitrogens is 2. The van der Waals surface area contributed by atoms with Crippen molar-refractivity contribution in [1.29, 1.82) is 0 Å². The van der Waals surface area contributed by atoms with Crippen LogP contribution in [0.15, 0.2) is 30.5 Å². The Morgan fingerprint density at radius 1 is 1.05 bits per heavy atom. The molecule has 0 bridgehead atoms. The van der Waals surface area contributed by atoms with Crippen LogP contribution in [0.5, 0.6) is 0 Å². The molecule has 2 heterocycles. The lowest BCUT2D eigenvalue weighted by molar-refractivity contribution is 0.929. The number of hydrogen-bond acceptors (Lipinski definition) is 3. The van der Waals surface area contributed by atoms with Gasteiger partial charge in [0.25, 0.3) is 0 Å². The van der Waals surface area contributed by atoms with Crippen LogP contribution in [0, 0.1) is 13.8 Å². The second kappa shape index (κ2) is 5.00. The molecule has 3 nitrogen and oxygen atoms in total. The van der Waals surface area contributed by atoms with Crippen molar-refractivity contribution in [3.63, 3.8) is 0 Å². The van der Waals surface area contributed by atoms with E-state index in [4.69, 9.17) is 4.98 Å². The fourth-order valence-corrected chi connectivity index (χ4v) is 2.58. The van der Waals surface area contributed by atoms with Crippen molar-refractivity contribution in [3.05, 3.63) is 41.6 Å². The third kappa shape index (κ3) is 2.46. The minimum absolute atomic E-state index is 0.839. The van der Waals surface area contributed by atoms with Crippen LogP contribution in [0.1, 0.15) is 24.0 Å². The zero-order valence-corrected chi connectivity index (χ0v) is 11.6. The summed E-state index contributed by atoms with van der Waals surface area (Å²) in [7, 11) is 0. The molecule has 1 fully saturated rings. The summed E-state index contributed by atoms with van der Waals surface area (Å²) in [5, 5.41) is 0. The topological polar surface area (TPSA) is 29.0 Å². The van der Waals surface area contributed by atoms with Crippen LogP contribution in [0.4, 0.5) is 5.82 Å². The Morgan fingerprint density at radius 3 is 2.63 bits per heavy atom. The van der Waals surface area contributed by atoms with Crippen molar-refractivity contribution in [2.45, 2.75) is 26.7 Å². The van der Waals surface area contributed by atoms with Gasteiger partial charge in [-0.05, 0) is 44.4 Å². The van der Waals surface area contributed by atoms with Gasteiger partial charge in [0, 0.05) is 24.8 Å². The molecule has 2 aromatic rings. The highest BCUT2D eigenvalue weighted by molar-refractivity contribution is 5.62. The Bertz CT molecular complexity index is 586. The monoisotopic (exact) mass is 253 g/mol. The molecule has 98 valence electrons. The van der Waals surface area contributed by atoms with Crippen LogP contribution in [0.2, 0.25) is 0 Å². The van der Waals surface area contributed by atoms with Crippen LogP contribution in [-0.2, 0) is 0 Å². The fourth-order valence-electron chi connectivity index (χ4n) is 2.58. The minimum atomic E-state index is 0.839. The van der Waals surface area contributed by atoms with Gasteiger partial charge in [-0.3, -0.25) is 0 Å². The number of rotatable bonds is 2. The molecule has 0 spiro atoms. The number of anilines is 1. The normalized spacial score (nSPS) is 14.9. The van der Waals surface area contributed by atoms with Crippen molar-refractivity contribution >= 4 is 5.82 Å². The number of aryl methyl sites for hydroxylation is 2. The van der Waals surface area contributed by atoms with Gasteiger partial charge in [0.1, 0.15) is 5.82 Å². The van der Waals surface area contributed by atoms with E-state index in [1.807, 2.05) is 12.3 Å². The highest BCUT2D eigenvalue weighted by Gasteiger charge is 2.15. The highest BCUT2D eigenvalue weighted by atomic mass is 15.2. The lowest BCUT2D eigenvalue weighted by atomic mass is 10.1. The quantitative estimate of drug-likeness (QED) is 0.821. The van der Waals surface area contributed by atoms with E-state index in [9.17, 15) is 0 Å². The SMILES string of the molecule is Cc1ccc(C)c(-c2nccc(N3CCCC3)n2)c1. The van der Waals surface area contributed by atoms with Gasteiger partial charge in [0.2, 0.25) is 0 Å². The molecule has 1 aliphatic rings. The van der Waals surface area contributed by atoms with Gasteiger partial charge in [0.15, 0.2) is 5.82 Å². The van der Waals surface area contributed by atoms with E-state index >= 15 is 0 Å².